The van der Waals surface area contributed by atoms with Gasteiger partial charge in [0.15, 0.2) is 0 Å². The van der Waals surface area contributed by atoms with Crippen molar-refractivity contribution < 1.29 is 4.74 Å². The van der Waals surface area contributed by atoms with Crippen molar-refractivity contribution in [1.82, 2.24) is 9.55 Å². The first-order valence-electron chi connectivity index (χ1n) is 8.75. The van der Waals surface area contributed by atoms with Gasteiger partial charge in [0.2, 0.25) is 0 Å². The van der Waals surface area contributed by atoms with Crippen LogP contribution in [-0.4, -0.2) is 21.1 Å². The van der Waals surface area contributed by atoms with E-state index in [4.69, 9.17) is 4.74 Å². The van der Waals surface area contributed by atoms with Gasteiger partial charge in [-0.2, -0.15) is 11.8 Å². The third-order valence-corrected chi connectivity index (χ3v) is 5.76. The van der Waals surface area contributed by atoms with Gasteiger partial charge in [-0.05, 0) is 48.1 Å². The smallest absolute Gasteiger partial charge is 0.329 e. The SMILES string of the molecule is O=c1[nH]c(=O)n(C2CCSCC2)c2ccc(OCc3ccccc3)cc12. The van der Waals surface area contributed by atoms with Crippen molar-refractivity contribution in [2.75, 3.05) is 11.5 Å². The maximum atomic E-state index is 12.4. The molecule has 134 valence electrons. The van der Waals surface area contributed by atoms with Gasteiger partial charge < -0.3 is 4.74 Å². The maximum absolute atomic E-state index is 12.4. The van der Waals surface area contributed by atoms with Crippen molar-refractivity contribution >= 4 is 22.7 Å². The molecule has 1 saturated heterocycles. The predicted molar refractivity (Wildman–Crippen MR) is 105 cm³/mol. The van der Waals surface area contributed by atoms with Crippen LogP contribution in [0, 0.1) is 0 Å². The molecule has 3 aromatic rings. The summed E-state index contributed by atoms with van der Waals surface area (Å²) in [6.45, 7) is 0.434. The Hall–Kier alpha value is -2.47. The summed E-state index contributed by atoms with van der Waals surface area (Å²) in [5.74, 6) is 2.70. The van der Waals surface area contributed by atoms with Gasteiger partial charge in [-0.25, -0.2) is 4.79 Å². The molecule has 0 spiro atoms. The van der Waals surface area contributed by atoms with Crippen LogP contribution >= 0.6 is 11.8 Å². The normalized spacial score (nSPS) is 15.2. The predicted octanol–water partition coefficient (Wildman–Crippen LogP) is 3.34. The van der Waals surface area contributed by atoms with Gasteiger partial charge in [-0.1, -0.05) is 30.3 Å². The Morgan fingerprint density at radius 3 is 2.62 bits per heavy atom. The number of benzene rings is 2. The molecule has 1 aliphatic heterocycles. The summed E-state index contributed by atoms with van der Waals surface area (Å²) in [5.41, 5.74) is 1.06. The van der Waals surface area contributed by atoms with E-state index in [9.17, 15) is 9.59 Å². The summed E-state index contributed by atoms with van der Waals surface area (Å²) in [4.78, 5) is 27.2. The highest BCUT2D eigenvalue weighted by atomic mass is 32.2. The molecule has 1 aromatic heterocycles. The monoisotopic (exact) mass is 368 g/mol. The lowest BCUT2D eigenvalue weighted by molar-refractivity contribution is 0.306. The average Bonchev–Trinajstić information content (AvgIpc) is 2.68. The lowest BCUT2D eigenvalue weighted by Crippen LogP contribution is -2.34. The van der Waals surface area contributed by atoms with Crippen molar-refractivity contribution in [1.29, 1.82) is 0 Å². The van der Waals surface area contributed by atoms with Crippen molar-refractivity contribution in [2.24, 2.45) is 0 Å². The number of hydrogen-bond donors (Lipinski definition) is 1. The summed E-state index contributed by atoms with van der Waals surface area (Å²) in [6.07, 6.45) is 1.88. The zero-order valence-corrected chi connectivity index (χ0v) is 15.1. The third-order valence-electron chi connectivity index (χ3n) is 4.72. The van der Waals surface area contributed by atoms with Gasteiger partial charge in [0.05, 0.1) is 10.9 Å². The molecule has 1 aliphatic rings. The molecule has 2 heterocycles. The fourth-order valence-electron chi connectivity index (χ4n) is 3.38. The molecule has 4 rings (SSSR count). The number of ether oxygens (including phenoxy) is 1. The van der Waals surface area contributed by atoms with Crippen LogP contribution in [0.15, 0.2) is 58.1 Å². The quantitative estimate of drug-likeness (QED) is 0.767. The van der Waals surface area contributed by atoms with E-state index in [1.165, 1.54) is 0 Å². The fraction of sp³-hybridized carbons (Fsp3) is 0.300. The zero-order chi connectivity index (χ0) is 17.9. The largest absolute Gasteiger partial charge is 0.489 e. The molecule has 5 nitrogen and oxygen atoms in total. The van der Waals surface area contributed by atoms with Gasteiger partial charge in [-0.3, -0.25) is 14.3 Å². The van der Waals surface area contributed by atoms with Crippen molar-refractivity contribution in [2.45, 2.75) is 25.5 Å². The van der Waals surface area contributed by atoms with Crippen LogP contribution in [0.1, 0.15) is 24.4 Å². The highest BCUT2D eigenvalue weighted by Gasteiger charge is 2.20. The van der Waals surface area contributed by atoms with E-state index in [2.05, 4.69) is 4.98 Å². The lowest BCUT2D eigenvalue weighted by Gasteiger charge is -2.24. The first kappa shape index (κ1) is 17.0. The number of aromatic amines is 1. The lowest BCUT2D eigenvalue weighted by atomic mass is 10.1. The number of fused-ring (bicyclic) bond motifs is 1. The number of hydrogen-bond acceptors (Lipinski definition) is 4. The van der Waals surface area contributed by atoms with Crippen LogP contribution in [0.5, 0.6) is 5.75 Å². The Labute approximate surface area is 155 Å². The average molecular weight is 368 g/mol. The molecule has 6 heteroatoms. The molecular formula is C20H20N2O3S. The van der Waals surface area contributed by atoms with Gasteiger partial charge in [0.1, 0.15) is 12.4 Å². The highest BCUT2D eigenvalue weighted by Crippen LogP contribution is 2.28. The van der Waals surface area contributed by atoms with Gasteiger partial charge in [-0.15, -0.1) is 0 Å². The molecule has 0 unspecified atom stereocenters. The van der Waals surface area contributed by atoms with Gasteiger partial charge >= 0.3 is 5.69 Å². The Kier molecular flexibility index (Phi) is 4.84. The molecule has 0 atom stereocenters. The molecule has 2 aromatic carbocycles. The minimum atomic E-state index is -0.364. The van der Waals surface area contributed by atoms with Crippen molar-refractivity contribution in [3.8, 4) is 5.75 Å². The number of rotatable bonds is 4. The van der Waals surface area contributed by atoms with Crippen LogP contribution in [0.3, 0.4) is 0 Å². The van der Waals surface area contributed by atoms with Crippen LogP contribution in [0.25, 0.3) is 10.9 Å². The standard InChI is InChI=1S/C20H20N2O3S/c23-19-17-12-16(25-13-14-4-2-1-3-5-14)6-7-18(17)22(20(24)21-19)15-8-10-26-11-9-15/h1-7,12,15H,8-11,13H2,(H,21,23,24). The van der Waals surface area contributed by atoms with E-state index in [0.717, 1.165) is 29.9 Å². The molecule has 0 amide bonds. The number of thioether (sulfide) groups is 1. The maximum Gasteiger partial charge on any atom is 0.329 e. The minimum Gasteiger partial charge on any atom is -0.489 e. The number of nitrogens with zero attached hydrogens (tertiary/aromatic N) is 1. The molecule has 0 aliphatic carbocycles. The van der Waals surface area contributed by atoms with Gasteiger partial charge in [0, 0.05) is 6.04 Å². The molecular weight excluding hydrogens is 348 g/mol. The molecule has 1 N–H and O–H groups in total. The zero-order valence-electron chi connectivity index (χ0n) is 14.3. The van der Waals surface area contributed by atoms with E-state index < -0.39 is 0 Å². The van der Waals surface area contributed by atoms with E-state index in [1.807, 2.05) is 54.2 Å². The van der Waals surface area contributed by atoms with Crippen molar-refractivity contribution in [3.63, 3.8) is 0 Å². The van der Waals surface area contributed by atoms with E-state index in [0.29, 0.717) is 23.3 Å². The molecule has 1 fully saturated rings. The molecule has 0 saturated carbocycles. The van der Waals surface area contributed by atoms with Crippen LogP contribution < -0.4 is 16.0 Å². The molecule has 0 bridgehead atoms. The Balaban J connectivity index is 1.69. The van der Waals surface area contributed by atoms with E-state index in [1.54, 1.807) is 10.6 Å². The molecule has 0 radical (unpaired) electrons. The Morgan fingerprint density at radius 2 is 1.85 bits per heavy atom. The topological polar surface area (TPSA) is 64.1 Å². The first-order chi connectivity index (χ1) is 12.7. The summed E-state index contributed by atoms with van der Waals surface area (Å²) in [6, 6.07) is 15.4. The van der Waals surface area contributed by atoms with Gasteiger partial charge in [0.25, 0.3) is 5.56 Å². The van der Waals surface area contributed by atoms with E-state index in [-0.39, 0.29) is 17.3 Å². The third kappa shape index (κ3) is 3.42. The summed E-state index contributed by atoms with van der Waals surface area (Å²) >= 11 is 1.91. The Morgan fingerprint density at radius 1 is 1.08 bits per heavy atom. The summed E-state index contributed by atoms with van der Waals surface area (Å²) < 4.78 is 7.57. The number of aromatic nitrogens is 2. The van der Waals surface area contributed by atoms with Crippen LogP contribution in [0.4, 0.5) is 0 Å². The summed E-state index contributed by atoms with van der Waals surface area (Å²) in [7, 11) is 0. The second-order valence-electron chi connectivity index (χ2n) is 6.43. The van der Waals surface area contributed by atoms with Crippen molar-refractivity contribution in [3.05, 3.63) is 74.9 Å². The molecule has 26 heavy (non-hydrogen) atoms. The van der Waals surface area contributed by atoms with Crippen LogP contribution in [0.2, 0.25) is 0 Å². The Bertz CT molecular complexity index is 1020. The number of nitrogens with one attached hydrogen (secondary N) is 1. The number of H-pyrrole nitrogens is 1. The van der Waals surface area contributed by atoms with E-state index >= 15 is 0 Å². The summed E-state index contributed by atoms with van der Waals surface area (Å²) in [5, 5.41) is 0.494. The van der Waals surface area contributed by atoms with Crippen LogP contribution in [-0.2, 0) is 6.61 Å². The minimum absolute atomic E-state index is 0.138. The fourth-order valence-corrected chi connectivity index (χ4v) is 4.46. The highest BCUT2D eigenvalue weighted by molar-refractivity contribution is 7.99. The second-order valence-corrected chi connectivity index (χ2v) is 7.65. The first-order valence-corrected chi connectivity index (χ1v) is 9.91. The second kappa shape index (κ2) is 7.41.